The van der Waals surface area contributed by atoms with Crippen LogP contribution in [0.4, 0.5) is 0 Å². The average Bonchev–Trinajstić information content (AvgIpc) is 3.09. The normalized spacial score (nSPS) is 29.5. The molecule has 0 amide bonds. The van der Waals surface area contributed by atoms with Crippen LogP contribution < -0.4 is 10.5 Å². The fraction of sp³-hybridized carbons (Fsp3) is 0.667. The van der Waals surface area contributed by atoms with Crippen molar-refractivity contribution in [2.24, 2.45) is 11.1 Å². The molecule has 6 heteroatoms. The first-order valence-electron chi connectivity index (χ1n) is 8.93. The molecule has 2 aliphatic rings. The minimum Gasteiger partial charge on any atom is -0.377 e. The topological polar surface area (TPSA) is 81.4 Å². The third-order valence-electron chi connectivity index (χ3n) is 5.49. The molecular weight excluding hydrogens is 324 g/mol. The number of nitrogens with one attached hydrogen (secondary N) is 1. The predicted octanol–water partition coefficient (Wildman–Crippen LogP) is 2.00. The van der Waals surface area contributed by atoms with E-state index in [9.17, 15) is 8.42 Å². The Morgan fingerprint density at radius 3 is 2.42 bits per heavy atom. The zero-order valence-electron chi connectivity index (χ0n) is 14.1. The number of hydrogen-bond acceptors (Lipinski definition) is 4. The van der Waals surface area contributed by atoms with Crippen molar-refractivity contribution in [3.8, 4) is 0 Å². The molecule has 0 aromatic heterocycles. The second-order valence-electron chi connectivity index (χ2n) is 7.10. The number of primary sulfonamides is 1. The van der Waals surface area contributed by atoms with E-state index in [1.165, 1.54) is 5.56 Å². The molecule has 1 saturated heterocycles. The number of hydrogen-bond donors (Lipinski definition) is 2. The summed E-state index contributed by atoms with van der Waals surface area (Å²) < 4.78 is 29.8. The third-order valence-corrected chi connectivity index (χ3v) is 6.85. The van der Waals surface area contributed by atoms with Crippen LogP contribution in [0.1, 0.15) is 43.6 Å². The molecule has 3 N–H and O–H groups in total. The molecule has 1 aromatic rings. The van der Waals surface area contributed by atoms with Gasteiger partial charge in [0.15, 0.2) is 0 Å². The lowest BCUT2D eigenvalue weighted by atomic mass is 9.83. The first-order chi connectivity index (χ1) is 11.5. The first kappa shape index (κ1) is 17.9. The molecule has 3 rings (SSSR count). The SMILES string of the molecule is NS(=O)(=O)C(CO[C@H]1CC[C@@H](c2ccccc2)CC1)C1CCNC1. The summed E-state index contributed by atoms with van der Waals surface area (Å²) >= 11 is 0. The standard InChI is InChI=1S/C18H28N2O3S/c19-24(21,22)18(16-10-11-20-12-16)13-23-17-8-6-15(7-9-17)14-4-2-1-3-5-14/h1-5,15-18,20H,6-13H2,(H2,19,21,22)/t15-,16?,17+,18?. The Hall–Kier alpha value is -0.950. The van der Waals surface area contributed by atoms with E-state index in [4.69, 9.17) is 9.88 Å². The van der Waals surface area contributed by atoms with Gasteiger partial charge in [-0.3, -0.25) is 0 Å². The monoisotopic (exact) mass is 352 g/mol. The van der Waals surface area contributed by atoms with Crippen molar-refractivity contribution < 1.29 is 13.2 Å². The Balaban J connectivity index is 1.50. The van der Waals surface area contributed by atoms with E-state index in [1.807, 2.05) is 6.07 Å². The van der Waals surface area contributed by atoms with E-state index in [0.717, 1.165) is 38.6 Å². The van der Waals surface area contributed by atoms with Crippen LogP contribution in [0.15, 0.2) is 30.3 Å². The summed E-state index contributed by atoms with van der Waals surface area (Å²) in [6.45, 7) is 1.80. The maximum atomic E-state index is 11.9. The van der Waals surface area contributed by atoms with Crippen LogP contribution >= 0.6 is 0 Å². The van der Waals surface area contributed by atoms with Crippen LogP contribution in [0, 0.1) is 5.92 Å². The van der Waals surface area contributed by atoms with Crippen LogP contribution in [0.3, 0.4) is 0 Å². The quantitative estimate of drug-likeness (QED) is 0.820. The van der Waals surface area contributed by atoms with E-state index in [1.54, 1.807) is 0 Å². The van der Waals surface area contributed by atoms with Crippen molar-refractivity contribution >= 4 is 10.0 Å². The van der Waals surface area contributed by atoms with E-state index >= 15 is 0 Å². The van der Waals surface area contributed by atoms with Gasteiger partial charge in [-0.25, -0.2) is 13.6 Å². The van der Waals surface area contributed by atoms with E-state index in [2.05, 4.69) is 29.6 Å². The molecule has 1 aromatic carbocycles. The van der Waals surface area contributed by atoms with E-state index in [0.29, 0.717) is 12.5 Å². The summed E-state index contributed by atoms with van der Waals surface area (Å²) in [5.41, 5.74) is 1.40. The van der Waals surface area contributed by atoms with Gasteiger partial charge in [0.1, 0.15) is 5.25 Å². The Kier molecular flexibility index (Phi) is 5.92. The highest BCUT2D eigenvalue weighted by Crippen LogP contribution is 2.34. The van der Waals surface area contributed by atoms with Gasteiger partial charge in [0.25, 0.3) is 0 Å². The maximum Gasteiger partial charge on any atom is 0.214 e. The number of rotatable bonds is 6. The molecule has 2 atom stereocenters. The van der Waals surface area contributed by atoms with Gasteiger partial charge in [-0.05, 0) is 62.6 Å². The second-order valence-corrected chi connectivity index (χ2v) is 8.88. The fourth-order valence-corrected chi connectivity index (χ4v) is 5.05. The summed E-state index contributed by atoms with van der Waals surface area (Å²) in [6.07, 6.45) is 5.17. The van der Waals surface area contributed by atoms with Gasteiger partial charge in [-0.2, -0.15) is 0 Å². The highest BCUT2D eigenvalue weighted by atomic mass is 32.2. The molecule has 1 saturated carbocycles. The minimum absolute atomic E-state index is 0.0701. The molecule has 1 aliphatic carbocycles. The summed E-state index contributed by atoms with van der Waals surface area (Å²) in [4.78, 5) is 0. The van der Waals surface area contributed by atoms with Crippen molar-refractivity contribution in [1.82, 2.24) is 5.32 Å². The molecular formula is C18H28N2O3S. The van der Waals surface area contributed by atoms with Crippen molar-refractivity contribution in [1.29, 1.82) is 0 Å². The summed E-state index contributed by atoms with van der Waals surface area (Å²) in [5.74, 6) is 0.666. The number of sulfonamides is 1. The Bertz CT molecular complexity index is 606. The average molecular weight is 353 g/mol. The lowest BCUT2D eigenvalue weighted by molar-refractivity contribution is 0.0201. The van der Waals surface area contributed by atoms with Crippen LogP contribution in [-0.4, -0.2) is 39.5 Å². The second kappa shape index (κ2) is 7.95. The Labute approximate surface area is 145 Å². The molecule has 24 heavy (non-hydrogen) atoms. The minimum atomic E-state index is -3.57. The molecule has 1 aliphatic heterocycles. The van der Waals surface area contributed by atoms with Gasteiger partial charge < -0.3 is 10.1 Å². The Morgan fingerprint density at radius 1 is 1.12 bits per heavy atom. The maximum absolute atomic E-state index is 11.9. The van der Waals surface area contributed by atoms with Crippen LogP contribution in [0.5, 0.6) is 0 Å². The molecule has 0 spiro atoms. The van der Waals surface area contributed by atoms with E-state index < -0.39 is 15.3 Å². The highest BCUT2D eigenvalue weighted by molar-refractivity contribution is 7.89. The highest BCUT2D eigenvalue weighted by Gasteiger charge is 2.34. The van der Waals surface area contributed by atoms with Gasteiger partial charge in [0, 0.05) is 0 Å². The van der Waals surface area contributed by atoms with Crippen molar-refractivity contribution in [2.75, 3.05) is 19.7 Å². The summed E-state index contributed by atoms with van der Waals surface area (Å²) in [7, 11) is -3.57. The molecule has 0 radical (unpaired) electrons. The molecule has 0 bridgehead atoms. The van der Waals surface area contributed by atoms with Gasteiger partial charge in [-0.15, -0.1) is 0 Å². The largest absolute Gasteiger partial charge is 0.377 e. The summed E-state index contributed by atoms with van der Waals surface area (Å²) in [6, 6.07) is 10.6. The zero-order chi connectivity index (χ0) is 17.0. The van der Waals surface area contributed by atoms with Gasteiger partial charge in [0.2, 0.25) is 10.0 Å². The molecule has 134 valence electrons. The number of nitrogens with two attached hydrogens (primary N) is 1. The van der Waals surface area contributed by atoms with Crippen molar-refractivity contribution in [3.63, 3.8) is 0 Å². The fourth-order valence-electron chi connectivity index (χ4n) is 4.01. The smallest absolute Gasteiger partial charge is 0.214 e. The Morgan fingerprint density at radius 2 is 1.83 bits per heavy atom. The molecule has 1 heterocycles. The van der Waals surface area contributed by atoms with E-state index in [-0.39, 0.29) is 18.6 Å². The molecule has 2 unspecified atom stereocenters. The first-order valence-corrected chi connectivity index (χ1v) is 10.5. The molecule has 5 nitrogen and oxygen atoms in total. The van der Waals surface area contributed by atoms with Gasteiger partial charge >= 0.3 is 0 Å². The van der Waals surface area contributed by atoms with Crippen LogP contribution in [-0.2, 0) is 14.8 Å². The van der Waals surface area contributed by atoms with Crippen molar-refractivity contribution in [3.05, 3.63) is 35.9 Å². The summed E-state index contributed by atoms with van der Waals surface area (Å²) in [5, 5.41) is 8.06. The predicted molar refractivity (Wildman–Crippen MR) is 95.3 cm³/mol. The lowest BCUT2D eigenvalue weighted by Gasteiger charge is -2.30. The van der Waals surface area contributed by atoms with Crippen LogP contribution in [0.2, 0.25) is 0 Å². The molecule has 2 fully saturated rings. The third kappa shape index (κ3) is 4.57. The number of ether oxygens (including phenoxy) is 1. The lowest BCUT2D eigenvalue weighted by Crippen LogP contribution is -2.41. The van der Waals surface area contributed by atoms with Crippen molar-refractivity contribution in [2.45, 2.75) is 49.4 Å². The zero-order valence-corrected chi connectivity index (χ0v) is 14.9. The van der Waals surface area contributed by atoms with Gasteiger partial charge in [0.05, 0.1) is 12.7 Å². The van der Waals surface area contributed by atoms with Gasteiger partial charge in [-0.1, -0.05) is 30.3 Å². The van der Waals surface area contributed by atoms with Crippen LogP contribution in [0.25, 0.3) is 0 Å². The number of benzene rings is 1.